The van der Waals surface area contributed by atoms with E-state index in [4.69, 9.17) is 0 Å². The molecule has 0 spiro atoms. The van der Waals surface area contributed by atoms with Crippen LogP contribution >= 0.6 is 0 Å². The minimum absolute atomic E-state index is 0.178. The van der Waals surface area contributed by atoms with Gasteiger partial charge in [0, 0.05) is 25.5 Å². The second kappa shape index (κ2) is 8.90. The maximum Gasteiger partial charge on any atom is 0.271 e. The Balaban J connectivity index is 1.68. The highest BCUT2D eigenvalue weighted by Crippen LogP contribution is 2.03. The average Bonchev–Trinajstić information content (AvgIpc) is 3.00. The van der Waals surface area contributed by atoms with Crippen LogP contribution < -0.4 is 5.32 Å². The van der Waals surface area contributed by atoms with E-state index < -0.39 is 0 Å². The van der Waals surface area contributed by atoms with Crippen LogP contribution in [0.15, 0.2) is 24.7 Å². The summed E-state index contributed by atoms with van der Waals surface area (Å²) < 4.78 is 1.83. The molecule has 0 aliphatic carbocycles. The zero-order valence-corrected chi connectivity index (χ0v) is 14.4. The normalized spacial score (nSPS) is 11.3. The third-order valence-electron chi connectivity index (χ3n) is 3.40. The second-order valence-corrected chi connectivity index (χ2v) is 5.96. The Hall–Kier alpha value is -2.57. The topological polar surface area (TPSA) is 85.6 Å². The number of carbonyl (C=O) groups excluding carboxylic acids is 1. The van der Waals surface area contributed by atoms with Crippen LogP contribution in [-0.2, 0) is 6.54 Å². The summed E-state index contributed by atoms with van der Waals surface area (Å²) in [5.41, 5.74) is 1.89. The standard InChI is InChI=1S/C17H24N6O/c1-13(2)6-7-15-12-23(22-21-15)11-5-4-8-20-17(24)16-14(3)18-9-10-19-16/h6-7,9-10,12-13H,4-5,8,11H2,1-3H3,(H,20,24)/b7-6+. The summed E-state index contributed by atoms with van der Waals surface area (Å²) in [6.45, 7) is 7.40. The van der Waals surface area contributed by atoms with Crippen molar-refractivity contribution in [2.45, 2.75) is 40.2 Å². The number of allylic oxidation sites excluding steroid dienone is 1. The first-order chi connectivity index (χ1) is 11.6. The van der Waals surface area contributed by atoms with Crippen molar-refractivity contribution in [2.75, 3.05) is 6.54 Å². The summed E-state index contributed by atoms with van der Waals surface area (Å²) in [5, 5.41) is 11.1. The number of hydrogen-bond donors (Lipinski definition) is 1. The predicted octanol–water partition coefficient (Wildman–Crippen LogP) is 2.26. The second-order valence-electron chi connectivity index (χ2n) is 5.96. The van der Waals surface area contributed by atoms with E-state index in [1.54, 1.807) is 13.1 Å². The van der Waals surface area contributed by atoms with Gasteiger partial charge in [-0.2, -0.15) is 0 Å². The molecular formula is C17H24N6O. The van der Waals surface area contributed by atoms with Gasteiger partial charge in [0.2, 0.25) is 0 Å². The lowest BCUT2D eigenvalue weighted by Crippen LogP contribution is -2.26. The predicted molar refractivity (Wildman–Crippen MR) is 92.2 cm³/mol. The van der Waals surface area contributed by atoms with Gasteiger partial charge in [0.1, 0.15) is 11.4 Å². The van der Waals surface area contributed by atoms with Crippen molar-refractivity contribution >= 4 is 12.0 Å². The molecule has 0 aliphatic heterocycles. The molecule has 1 amide bonds. The van der Waals surface area contributed by atoms with E-state index in [0.717, 1.165) is 25.1 Å². The molecule has 0 radical (unpaired) electrons. The van der Waals surface area contributed by atoms with Crippen molar-refractivity contribution in [3.63, 3.8) is 0 Å². The molecule has 1 N–H and O–H groups in total. The van der Waals surface area contributed by atoms with Crippen molar-refractivity contribution in [1.29, 1.82) is 0 Å². The van der Waals surface area contributed by atoms with E-state index in [1.165, 1.54) is 6.20 Å². The first-order valence-corrected chi connectivity index (χ1v) is 8.20. The van der Waals surface area contributed by atoms with E-state index in [1.807, 2.05) is 17.0 Å². The number of nitrogens with zero attached hydrogens (tertiary/aromatic N) is 5. The van der Waals surface area contributed by atoms with Gasteiger partial charge < -0.3 is 5.32 Å². The summed E-state index contributed by atoms with van der Waals surface area (Å²) in [7, 11) is 0. The first-order valence-electron chi connectivity index (χ1n) is 8.20. The van der Waals surface area contributed by atoms with Gasteiger partial charge in [0.15, 0.2) is 0 Å². The van der Waals surface area contributed by atoms with Crippen molar-refractivity contribution in [3.8, 4) is 0 Å². The SMILES string of the molecule is Cc1nccnc1C(=O)NCCCCn1cc(/C=C/C(C)C)nn1. The van der Waals surface area contributed by atoms with Gasteiger partial charge in [-0.05, 0) is 31.8 Å². The maximum absolute atomic E-state index is 12.0. The number of aromatic nitrogens is 5. The number of nitrogens with one attached hydrogen (secondary N) is 1. The minimum Gasteiger partial charge on any atom is -0.351 e. The van der Waals surface area contributed by atoms with Crippen LogP contribution in [-0.4, -0.2) is 37.4 Å². The van der Waals surface area contributed by atoms with Gasteiger partial charge in [-0.3, -0.25) is 14.5 Å². The lowest BCUT2D eigenvalue weighted by atomic mass is 10.2. The Morgan fingerprint density at radius 1 is 1.29 bits per heavy atom. The van der Waals surface area contributed by atoms with E-state index in [-0.39, 0.29) is 5.91 Å². The zero-order valence-electron chi connectivity index (χ0n) is 14.4. The molecule has 0 bridgehead atoms. The lowest BCUT2D eigenvalue weighted by Gasteiger charge is -2.06. The average molecular weight is 328 g/mol. The number of carbonyl (C=O) groups is 1. The summed E-state index contributed by atoms with van der Waals surface area (Å²) in [6, 6.07) is 0. The van der Waals surface area contributed by atoms with E-state index in [9.17, 15) is 4.79 Å². The van der Waals surface area contributed by atoms with Gasteiger partial charge in [0.25, 0.3) is 5.91 Å². The monoisotopic (exact) mass is 328 g/mol. The number of rotatable bonds is 8. The largest absolute Gasteiger partial charge is 0.351 e. The highest BCUT2D eigenvalue weighted by atomic mass is 16.1. The van der Waals surface area contributed by atoms with Crippen molar-refractivity contribution in [2.24, 2.45) is 5.92 Å². The summed E-state index contributed by atoms with van der Waals surface area (Å²) in [5.74, 6) is 0.319. The molecule has 7 heteroatoms. The quantitative estimate of drug-likeness (QED) is 0.751. The van der Waals surface area contributed by atoms with Crippen molar-refractivity contribution < 1.29 is 4.79 Å². The fraction of sp³-hybridized carbons (Fsp3) is 0.471. The Morgan fingerprint density at radius 2 is 2.08 bits per heavy atom. The van der Waals surface area contributed by atoms with E-state index >= 15 is 0 Å². The molecule has 128 valence electrons. The van der Waals surface area contributed by atoms with E-state index in [0.29, 0.717) is 23.9 Å². The third-order valence-corrected chi connectivity index (χ3v) is 3.40. The van der Waals surface area contributed by atoms with Crippen LogP contribution in [0.3, 0.4) is 0 Å². The maximum atomic E-state index is 12.0. The molecule has 2 aromatic heterocycles. The molecule has 0 atom stereocenters. The zero-order chi connectivity index (χ0) is 17.4. The molecule has 0 unspecified atom stereocenters. The fourth-order valence-corrected chi connectivity index (χ4v) is 2.11. The number of amides is 1. The molecule has 0 aromatic carbocycles. The Bertz CT molecular complexity index is 692. The van der Waals surface area contributed by atoms with Crippen LogP contribution in [0.5, 0.6) is 0 Å². The molecule has 7 nitrogen and oxygen atoms in total. The molecule has 0 aliphatic rings. The van der Waals surface area contributed by atoms with Crippen LogP contribution in [0.1, 0.15) is 48.6 Å². The summed E-state index contributed by atoms with van der Waals surface area (Å²) in [6.07, 6.45) is 10.9. The van der Waals surface area contributed by atoms with Crippen LogP contribution in [0, 0.1) is 12.8 Å². The number of unbranched alkanes of at least 4 members (excludes halogenated alkanes) is 1. The molecule has 2 heterocycles. The van der Waals surface area contributed by atoms with Gasteiger partial charge in [-0.15, -0.1) is 5.10 Å². The fourth-order valence-electron chi connectivity index (χ4n) is 2.11. The first kappa shape index (κ1) is 17.8. The molecule has 0 saturated carbocycles. The third kappa shape index (κ3) is 5.57. The summed E-state index contributed by atoms with van der Waals surface area (Å²) in [4.78, 5) is 20.1. The Labute approximate surface area is 142 Å². The van der Waals surface area contributed by atoms with Gasteiger partial charge >= 0.3 is 0 Å². The molecule has 24 heavy (non-hydrogen) atoms. The lowest BCUT2D eigenvalue weighted by molar-refractivity contribution is 0.0946. The van der Waals surface area contributed by atoms with Gasteiger partial charge in [-0.25, -0.2) is 4.98 Å². The molecule has 2 rings (SSSR count). The van der Waals surface area contributed by atoms with Crippen molar-refractivity contribution in [1.82, 2.24) is 30.3 Å². The highest BCUT2D eigenvalue weighted by molar-refractivity contribution is 5.93. The minimum atomic E-state index is -0.178. The highest BCUT2D eigenvalue weighted by Gasteiger charge is 2.09. The van der Waals surface area contributed by atoms with Gasteiger partial charge in [0.05, 0.1) is 11.9 Å². The molecule has 2 aromatic rings. The van der Waals surface area contributed by atoms with E-state index in [2.05, 4.69) is 45.5 Å². The van der Waals surface area contributed by atoms with Crippen molar-refractivity contribution in [3.05, 3.63) is 41.7 Å². The van der Waals surface area contributed by atoms with Crippen LogP contribution in [0.25, 0.3) is 6.08 Å². The Morgan fingerprint density at radius 3 is 2.83 bits per heavy atom. The smallest absolute Gasteiger partial charge is 0.271 e. The number of aryl methyl sites for hydroxylation is 2. The summed E-state index contributed by atoms with van der Waals surface area (Å²) >= 11 is 0. The van der Waals surface area contributed by atoms with Gasteiger partial charge in [-0.1, -0.05) is 25.1 Å². The number of hydrogen-bond acceptors (Lipinski definition) is 5. The van der Waals surface area contributed by atoms with Crippen LogP contribution in [0.2, 0.25) is 0 Å². The Kier molecular flexibility index (Phi) is 6.60. The molecular weight excluding hydrogens is 304 g/mol. The molecule has 0 fully saturated rings. The van der Waals surface area contributed by atoms with Crippen LogP contribution in [0.4, 0.5) is 0 Å². The molecule has 0 saturated heterocycles.